The highest BCUT2D eigenvalue weighted by atomic mass is 32.2. The van der Waals surface area contributed by atoms with E-state index in [1.165, 1.54) is 27.8 Å². The number of nitrogens with one attached hydrogen (secondary N) is 1. The van der Waals surface area contributed by atoms with Crippen LogP contribution in [0.4, 0.5) is 5.69 Å². The number of anilines is 1. The Bertz CT molecular complexity index is 1370. The Balaban J connectivity index is 1.27. The molecule has 1 fully saturated rings. The van der Waals surface area contributed by atoms with Gasteiger partial charge in [-0.05, 0) is 24.3 Å². The van der Waals surface area contributed by atoms with Crippen LogP contribution in [0.25, 0.3) is 16.2 Å². The quantitative estimate of drug-likeness (QED) is 0.455. The highest BCUT2D eigenvalue weighted by Crippen LogP contribution is 2.24. The van der Waals surface area contributed by atoms with Crippen LogP contribution in [0, 0.1) is 0 Å². The van der Waals surface area contributed by atoms with E-state index in [4.69, 9.17) is 4.74 Å². The molecule has 1 amide bonds. The van der Waals surface area contributed by atoms with Crippen LogP contribution < -0.4 is 5.32 Å². The summed E-state index contributed by atoms with van der Waals surface area (Å²) >= 11 is 1.49. The van der Waals surface area contributed by atoms with Gasteiger partial charge in [0.2, 0.25) is 15.9 Å². The van der Waals surface area contributed by atoms with Gasteiger partial charge in [0.1, 0.15) is 0 Å². The molecular formula is C23H22N4O4S2. The second-order valence-electron chi connectivity index (χ2n) is 7.64. The molecule has 0 saturated carbocycles. The van der Waals surface area contributed by atoms with E-state index in [9.17, 15) is 13.2 Å². The van der Waals surface area contributed by atoms with E-state index in [0.717, 1.165) is 21.9 Å². The second-order valence-corrected chi connectivity index (χ2v) is 10.4. The monoisotopic (exact) mass is 482 g/mol. The van der Waals surface area contributed by atoms with Crippen LogP contribution in [-0.2, 0) is 26.0 Å². The molecule has 0 aliphatic carbocycles. The van der Waals surface area contributed by atoms with E-state index in [2.05, 4.69) is 10.3 Å². The molecule has 0 radical (unpaired) electrons. The Hall–Kier alpha value is -3.05. The molecule has 1 aliphatic rings. The number of sulfonamides is 1. The van der Waals surface area contributed by atoms with Gasteiger partial charge in [-0.2, -0.15) is 4.31 Å². The van der Waals surface area contributed by atoms with E-state index in [1.807, 2.05) is 46.3 Å². The minimum atomic E-state index is -3.56. The summed E-state index contributed by atoms with van der Waals surface area (Å²) in [5.41, 5.74) is 3.27. The lowest BCUT2D eigenvalue weighted by atomic mass is 10.2. The third-order valence-electron chi connectivity index (χ3n) is 5.44. The number of morpholine rings is 1. The van der Waals surface area contributed by atoms with Crippen molar-refractivity contribution >= 4 is 37.9 Å². The van der Waals surface area contributed by atoms with Crippen LogP contribution in [-0.4, -0.2) is 54.3 Å². The molecule has 8 nitrogen and oxygen atoms in total. The molecule has 33 heavy (non-hydrogen) atoms. The topological polar surface area (TPSA) is 93.0 Å². The fourth-order valence-electron chi connectivity index (χ4n) is 3.72. The van der Waals surface area contributed by atoms with Crippen LogP contribution in [0.15, 0.2) is 71.1 Å². The summed E-state index contributed by atoms with van der Waals surface area (Å²) in [6.07, 6.45) is 2.12. The molecule has 2 aromatic carbocycles. The normalized spacial score (nSPS) is 15.0. The molecule has 0 bridgehead atoms. The molecule has 1 aliphatic heterocycles. The molecule has 4 aromatic rings. The van der Waals surface area contributed by atoms with Crippen molar-refractivity contribution in [2.75, 3.05) is 31.6 Å². The number of fused-ring (bicyclic) bond motifs is 1. The average molecular weight is 483 g/mol. The van der Waals surface area contributed by atoms with Gasteiger partial charge in [-0.1, -0.05) is 30.3 Å². The van der Waals surface area contributed by atoms with E-state index >= 15 is 0 Å². The lowest BCUT2D eigenvalue weighted by molar-refractivity contribution is -0.115. The molecule has 3 heterocycles. The number of amides is 1. The average Bonchev–Trinajstić information content (AvgIpc) is 3.43. The van der Waals surface area contributed by atoms with Gasteiger partial charge in [-0.3, -0.25) is 9.20 Å². The Morgan fingerprint density at radius 1 is 1.06 bits per heavy atom. The number of carbonyl (C=O) groups excluding carboxylic acids is 1. The molecule has 0 unspecified atom stereocenters. The van der Waals surface area contributed by atoms with Crippen molar-refractivity contribution in [3.63, 3.8) is 0 Å². The van der Waals surface area contributed by atoms with Crippen molar-refractivity contribution in [1.29, 1.82) is 0 Å². The zero-order chi connectivity index (χ0) is 22.8. The summed E-state index contributed by atoms with van der Waals surface area (Å²) in [5.74, 6) is -0.187. The van der Waals surface area contributed by atoms with Crippen molar-refractivity contribution in [3.05, 3.63) is 71.9 Å². The second kappa shape index (κ2) is 9.06. The van der Waals surface area contributed by atoms with E-state index in [-0.39, 0.29) is 17.2 Å². The highest BCUT2D eigenvalue weighted by Gasteiger charge is 2.26. The van der Waals surface area contributed by atoms with Gasteiger partial charge in [0, 0.05) is 41.6 Å². The zero-order valence-electron chi connectivity index (χ0n) is 17.7. The Morgan fingerprint density at radius 2 is 1.79 bits per heavy atom. The van der Waals surface area contributed by atoms with Crippen molar-refractivity contribution < 1.29 is 17.9 Å². The maximum absolute atomic E-state index is 12.7. The standard InChI is InChI=1S/C23H22N4O4S2/c28-22(14-19-16-32-23-25-21(15-27(19)23)17-4-2-1-3-5-17)24-18-6-8-20(9-7-18)33(29,30)26-10-12-31-13-11-26/h1-9,15-16H,10-14H2,(H,24,28). The molecule has 10 heteroatoms. The first-order valence-electron chi connectivity index (χ1n) is 10.5. The minimum Gasteiger partial charge on any atom is -0.379 e. The SMILES string of the molecule is O=C(Cc1csc2nc(-c3ccccc3)cn12)Nc1ccc(S(=O)(=O)N2CCOCC2)cc1. The molecule has 1 N–H and O–H groups in total. The Morgan fingerprint density at radius 3 is 2.52 bits per heavy atom. The first-order valence-corrected chi connectivity index (χ1v) is 12.8. The Labute approximate surface area is 195 Å². The third kappa shape index (κ3) is 4.55. The highest BCUT2D eigenvalue weighted by molar-refractivity contribution is 7.89. The molecule has 0 atom stereocenters. The van der Waals surface area contributed by atoms with Gasteiger partial charge in [-0.25, -0.2) is 13.4 Å². The lowest BCUT2D eigenvalue weighted by Gasteiger charge is -2.26. The number of thiazole rings is 1. The maximum Gasteiger partial charge on any atom is 0.243 e. The van der Waals surface area contributed by atoms with Crippen molar-refractivity contribution in [3.8, 4) is 11.3 Å². The number of benzene rings is 2. The Kier molecular flexibility index (Phi) is 5.98. The maximum atomic E-state index is 12.7. The predicted octanol–water partition coefficient (Wildman–Crippen LogP) is 3.26. The summed E-state index contributed by atoms with van der Waals surface area (Å²) in [4.78, 5) is 18.3. The predicted molar refractivity (Wildman–Crippen MR) is 127 cm³/mol. The first-order chi connectivity index (χ1) is 16.0. The fraction of sp³-hybridized carbons (Fsp3) is 0.217. The summed E-state index contributed by atoms with van der Waals surface area (Å²) in [6, 6.07) is 16.2. The summed E-state index contributed by atoms with van der Waals surface area (Å²) < 4.78 is 34.1. The third-order valence-corrected chi connectivity index (χ3v) is 8.24. The van der Waals surface area contributed by atoms with Gasteiger partial charge in [0.05, 0.1) is 30.2 Å². The molecule has 0 spiro atoms. The van der Waals surface area contributed by atoms with E-state index in [1.54, 1.807) is 12.1 Å². The van der Waals surface area contributed by atoms with Crippen molar-refractivity contribution in [2.24, 2.45) is 0 Å². The number of imidazole rings is 1. The summed E-state index contributed by atoms with van der Waals surface area (Å²) in [7, 11) is -3.56. The fourth-order valence-corrected chi connectivity index (χ4v) is 6.00. The van der Waals surface area contributed by atoms with Crippen LogP contribution in [0.2, 0.25) is 0 Å². The van der Waals surface area contributed by atoms with Gasteiger partial charge in [0.25, 0.3) is 0 Å². The van der Waals surface area contributed by atoms with Gasteiger partial charge >= 0.3 is 0 Å². The molecule has 2 aromatic heterocycles. The zero-order valence-corrected chi connectivity index (χ0v) is 19.3. The van der Waals surface area contributed by atoms with Gasteiger partial charge in [0.15, 0.2) is 4.96 Å². The van der Waals surface area contributed by atoms with Gasteiger partial charge in [-0.15, -0.1) is 11.3 Å². The van der Waals surface area contributed by atoms with Crippen LogP contribution in [0.5, 0.6) is 0 Å². The number of nitrogens with zero attached hydrogens (tertiary/aromatic N) is 3. The van der Waals surface area contributed by atoms with E-state index < -0.39 is 10.0 Å². The summed E-state index contributed by atoms with van der Waals surface area (Å²) in [5, 5.41) is 4.77. The molecule has 1 saturated heterocycles. The first kappa shape index (κ1) is 21.8. The number of ether oxygens (including phenoxy) is 1. The van der Waals surface area contributed by atoms with Crippen LogP contribution in [0.3, 0.4) is 0 Å². The molecular weight excluding hydrogens is 460 g/mol. The molecule has 170 valence electrons. The number of hydrogen-bond donors (Lipinski definition) is 1. The van der Waals surface area contributed by atoms with Crippen LogP contribution in [0.1, 0.15) is 5.69 Å². The smallest absolute Gasteiger partial charge is 0.243 e. The van der Waals surface area contributed by atoms with Crippen LogP contribution >= 0.6 is 11.3 Å². The summed E-state index contributed by atoms with van der Waals surface area (Å²) in [6.45, 7) is 1.48. The minimum absolute atomic E-state index is 0.179. The van der Waals surface area contributed by atoms with Crippen molar-refractivity contribution in [1.82, 2.24) is 13.7 Å². The van der Waals surface area contributed by atoms with Gasteiger partial charge < -0.3 is 10.1 Å². The lowest BCUT2D eigenvalue weighted by Crippen LogP contribution is -2.40. The van der Waals surface area contributed by atoms with Crippen molar-refractivity contribution in [2.45, 2.75) is 11.3 Å². The number of aromatic nitrogens is 2. The molecule has 5 rings (SSSR count). The number of carbonyl (C=O) groups is 1. The number of rotatable bonds is 6. The largest absolute Gasteiger partial charge is 0.379 e. The number of hydrogen-bond acceptors (Lipinski definition) is 6. The van der Waals surface area contributed by atoms with E-state index in [0.29, 0.717) is 32.0 Å².